The van der Waals surface area contributed by atoms with Crippen molar-refractivity contribution in [3.05, 3.63) is 40.6 Å². The summed E-state index contributed by atoms with van der Waals surface area (Å²) in [6.07, 6.45) is 3.19. The van der Waals surface area contributed by atoms with Crippen LogP contribution >= 0.6 is 11.8 Å². The fourth-order valence-electron chi connectivity index (χ4n) is 2.97. The van der Waals surface area contributed by atoms with E-state index in [0.29, 0.717) is 12.2 Å². The van der Waals surface area contributed by atoms with Crippen LogP contribution in [0, 0.1) is 20.8 Å². The highest BCUT2D eigenvalue weighted by Gasteiger charge is 2.22. The minimum absolute atomic E-state index is 0.403. The molecule has 0 radical (unpaired) electrons. The number of aromatic nitrogens is 1. The molecule has 1 aliphatic rings. The van der Waals surface area contributed by atoms with Crippen molar-refractivity contribution in [2.45, 2.75) is 58.5 Å². The Hall–Kier alpha value is -1.26. The molecule has 1 saturated heterocycles. The Morgan fingerprint density at radius 3 is 2.70 bits per heavy atom. The van der Waals surface area contributed by atoms with Crippen molar-refractivity contribution in [1.29, 1.82) is 0 Å². The highest BCUT2D eigenvalue weighted by Crippen LogP contribution is 2.32. The van der Waals surface area contributed by atoms with Gasteiger partial charge in [-0.3, -0.25) is 0 Å². The third-order valence-electron chi connectivity index (χ3n) is 4.62. The van der Waals surface area contributed by atoms with Crippen LogP contribution in [0.2, 0.25) is 0 Å². The average Bonchev–Trinajstić information content (AvgIpc) is 3.09. The number of rotatable bonds is 5. The Morgan fingerprint density at radius 1 is 1.17 bits per heavy atom. The molecule has 1 aliphatic heterocycles. The van der Waals surface area contributed by atoms with Crippen LogP contribution in [0.25, 0.3) is 11.3 Å². The molecular weight excluding hydrogens is 306 g/mol. The summed E-state index contributed by atoms with van der Waals surface area (Å²) in [5, 5.41) is 4.19. The van der Waals surface area contributed by atoms with E-state index in [-0.39, 0.29) is 0 Å². The van der Waals surface area contributed by atoms with Crippen LogP contribution in [-0.4, -0.2) is 23.1 Å². The molecule has 0 N–H and O–H groups in total. The van der Waals surface area contributed by atoms with E-state index in [9.17, 15) is 0 Å². The number of nitrogens with zero attached hydrogens (tertiary/aromatic N) is 1. The van der Waals surface area contributed by atoms with E-state index in [0.717, 1.165) is 28.5 Å². The van der Waals surface area contributed by atoms with Crippen molar-refractivity contribution in [3.8, 4) is 11.3 Å². The summed E-state index contributed by atoms with van der Waals surface area (Å²) in [6.45, 7) is 8.45. The molecule has 0 amide bonds. The fourth-order valence-corrected chi connectivity index (χ4v) is 4.14. The summed E-state index contributed by atoms with van der Waals surface area (Å²) in [5.41, 5.74) is 5.91. The summed E-state index contributed by atoms with van der Waals surface area (Å²) in [7, 11) is 0. The van der Waals surface area contributed by atoms with Gasteiger partial charge >= 0.3 is 0 Å². The normalized spacial score (nSPS) is 21.0. The molecule has 2 atom stereocenters. The van der Waals surface area contributed by atoms with Crippen molar-refractivity contribution in [2.24, 2.45) is 0 Å². The summed E-state index contributed by atoms with van der Waals surface area (Å²) >= 11 is 1.92. The smallest absolute Gasteiger partial charge is 0.171 e. The molecule has 3 rings (SSSR count). The lowest BCUT2D eigenvalue weighted by Crippen LogP contribution is -2.11. The Kier molecular flexibility index (Phi) is 5.12. The van der Waals surface area contributed by atoms with Gasteiger partial charge in [-0.15, -0.1) is 0 Å². The first-order chi connectivity index (χ1) is 11.0. The van der Waals surface area contributed by atoms with Crippen LogP contribution in [0.1, 0.15) is 42.1 Å². The van der Waals surface area contributed by atoms with E-state index in [2.05, 4.69) is 44.1 Å². The fraction of sp³-hybridized carbons (Fsp3) is 0.526. The van der Waals surface area contributed by atoms with Gasteiger partial charge in [0.25, 0.3) is 0 Å². The summed E-state index contributed by atoms with van der Waals surface area (Å²) in [6, 6.07) is 6.45. The topological polar surface area (TPSA) is 35.3 Å². The standard InChI is InChI=1S/C19H25NO2S/c1-12-5-7-16(9-13(12)2)19-18(15(4)20-22-19)11-23-10-17-8-6-14(3)21-17/h5,7,9,14,17H,6,8,10-11H2,1-4H3/t14-,17-/m0/s1. The molecule has 0 saturated carbocycles. The molecule has 3 nitrogen and oxygen atoms in total. The van der Waals surface area contributed by atoms with Crippen LogP contribution in [0.5, 0.6) is 0 Å². The average molecular weight is 331 g/mol. The lowest BCUT2D eigenvalue weighted by Gasteiger charge is -2.10. The van der Waals surface area contributed by atoms with Crippen molar-refractivity contribution < 1.29 is 9.26 Å². The van der Waals surface area contributed by atoms with E-state index in [1.54, 1.807) is 0 Å². The summed E-state index contributed by atoms with van der Waals surface area (Å²) in [5.74, 6) is 2.88. The largest absolute Gasteiger partial charge is 0.374 e. The predicted octanol–water partition coefficient (Wildman–Crippen LogP) is 5.07. The van der Waals surface area contributed by atoms with Crippen LogP contribution in [-0.2, 0) is 10.5 Å². The molecule has 0 spiro atoms. The van der Waals surface area contributed by atoms with Gasteiger partial charge < -0.3 is 9.26 Å². The molecular formula is C19H25NO2S. The minimum atomic E-state index is 0.403. The minimum Gasteiger partial charge on any atom is -0.374 e. The van der Waals surface area contributed by atoms with Crippen LogP contribution in [0.4, 0.5) is 0 Å². The maximum Gasteiger partial charge on any atom is 0.171 e. The molecule has 0 unspecified atom stereocenters. The maximum atomic E-state index is 5.89. The molecule has 2 aromatic rings. The van der Waals surface area contributed by atoms with Crippen molar-refractivity contribution in [2.75, 3.05) is 5.75 Å². The highest BCUT2D eigenvalue weighted by molar-refractivity contribution is 7.98. The first kappa shape index (κ1) is 16.6. The third kappa shape index (κ3) is 3.81. The molecule has 124 valence electrons. The summed E-state index contributed by atoms with van der Waals surface area (Å²) < 4.78 is 11.5. The zero-order chi connectivity index (χ0) is 16.4. The first-order valence-corrected chi connectivity index (χ1v) is 9.46. The van der Waals surface area contributed by atoms with E-state index in [1.807, 2.05) is 18.7 Å². The van der Waals surface area contributed by atoms with Gasteiger partial charge in [-0.05, 0) is 57.7 Å². The second-order valence-electron chi connectivity index (χ2n) is 6.54. The zero-order valence-electron chi connectivity index (χ0n) is 14.4. The number of benzene rings is 1. The maximum absolute atomic E-state index is 5.89. The Bertz CT molecular complexity index is 680. The van der Waals surface area contributed by atoms with E-state index < -0.39 is 0 Å². The molecule has 1 fully saturated rings. The van der Waals surface area contributed by atoms with Gasteiger partial charge in [0.05, 0.1) is 17.9 Å². The molecule has 1 aromatic heterocycles. The number of thioether (sulfide) groups is 1. The molecule has 0 bridgehead atoms. The van der Waals surface area contributed by atoms with Gasteiger partial charge in [0.2, 0.25) is 0 Å². The van der Waals surface area contributed by atoms with Crippen molar-refractivity contribution in [3.63, 3.8) is 0 Å². The van der Waals surface area contributed by atoms with Crippen molar-refractivity contribution >= 4 is 11.8 Å². The van der Waals surface area contributed by atoms with Gasteiger partial charge in [-0.2, -0.15) is 11.8 Å². The van der Waals surface area contributed by atoms with Crippen LogP contribution in [0.15, 0.2) is 22.7 Å². The third-order valence-corrected chi connectivity index (χ3v) is 5.72. The number of hydrogen-bond acceptors (Lipinski definition) is 4. The summed E-state index contributed by atoms with van der Waals surface area (Å²) in [4.78, 5) is 0. The predicted molar refractivity (Wildman–Crippen MR) is 95.9 cm³/mol. The van der Waals surface area contributed by atoms with Crippen molar-refractivity contribution in [1.82, 2.24) is 5.16 Å². The Balaban J connectivity index is 1.70. The quantitative estimate of drug-likeness (QED) is 0.766. The Labute approximate surface area is 142 Å². The monoisotopic (exact) mass is 331 g/mol. The Morgan fingerprint density at radius 2 is 2.00 bits per heavy atom. The number of aryl methyl sites for hydroxylation is 3. The van der Waals surface area contributed by atoms with Gasteiger partial charge in [0.15, 0.2) is 5.76 Å². The second kappa shape index (κ2) is 7.10. The van der Waals surface area contributed by atoms with Gasteiger partial charge in [0.1, 0.15) is 0 Å². The van der Waals surface area contributed by atoms with Gasteiger partial charge in [-0.1, -0.05) is 17.3 Å². The zero-order valence-corrected chi connectivity index (χ0v) is 15.2. The lowest BCUT2D eigenvalue weighted by molar-refractivity contribution is 0.0700. The molecule has 2 heterocycles. The molecule has 23 heavy (non-hydrogen) atoms. The SMILES string of the molecule is Cc1ccc(-c2onc(C)c2CSC[C@@H]2CC[C@H](C)O2)cc1C. The van der Waals surface area contributed by atoms with E-state index in [4.69, 9.17) is 9.26 Å². The highest BCUT2D eigenvalue weighted by atomic mass is 32.2. The lowest BCUT2D eigenvalue weighted by atomic mass is 10.0. The number of hydrogen-bond donors (Lipinski definition) is 0. The van der Waals surface area contributed by atoms with Crippen LogP contribution < -0.4 is 0 Å². The molecule has 1 aromatic carbocycles. The second-order valence-corrected chi connectivity index (χ2v) is 7.57. The molecule has 0 aliphatic carbocycles. The number of ether oxygens (including phenoxy) is 1. The van der Waals surface area contributed by atoms with E-state index in [1.165, 1.54) is 29.5 Å². The molecule has 4 heteroatoms. The first-order valence-electron chi connectivity index (χ1n) is 8.30. The van der Waals surface area contributed by atoms with Gasteiger partial charge in [-0.25, -0.2) is 0 Å². The van der Waals surface area contributed by atoms with E-state index >= 15 is 0 Å². The van der Waals surface area contributed by atoms with Gasteiger partial charge in [0, 0.05) is 22.6 Å². The van der Waals surface area contributed by atoms with Crippen LogP contribution in [0.3, 0.4) is 0 Å².